The Hall–Kier alpha value is -1.06. The first-order valence-electron chi connectivity index (χ1n) is 5.12. The fourth-order valence-electron chi connectivity index (χ4n) is 2.05. The molecule has 1 fully saturated rings. The zero-order valence-corrected chi connectivity index (χ0v) is 9.04. The van der Waals surface area contributed by atoms with Crippen LogP contribution >= 0.6 is 0 Å². The minimum absolute atomic E-state index is 0.184. The van der Waals surface area contributed by atoms with Crippen LogP contribution in [-0.4, -0.2) is 35.8 Å². The number of likely N-dealkylation sites (N-methyl/N-ethyl adjacent to an activating group) is 1. The van der Waals surface area contributed by atoms with Crippen molar-refractivity contribution in [3.05, 3.63) is 0 Å². The van der Waals surface area contributed by atoms with E-state index in [1.54, 1.807) is 4.90 Å². The molecule has 1 N–H and O–H groups in total. The molecule has 2 atom stereocenters. The molecule has 0 aromatic heterocycles. The standard InChI is InChI=1S/C10H18N2O2/c1-7-5-4-6-8(2)12(7)10(14)9(13)11-3/h7-8H,4-6H2,1-3H3,(H,11,13). The van der Waals surface area contributed by atoms with Gasteiger partial charge >= 0.3 is 11.8 Å². The molecule has 1 heterocycles. The number of carbonyl (C=O) groups is 2. The second-order valence-corrected chi connectivity index (χ2v) is 3.92. The molecule has 1 rings (SSSR count). The summed E-state index contributed by atoms with van der Waals surface area (Å²) < 4.78 is 0. The second-order valence-electron chi connectivity index (χ2n) is 3.92. The van der Waals surface area contributed by atoms with Crippen LogP contribution in [0.2, 0.25) is 0 Å². The molecular weight excluding hydrogens is 180 g/mol. The van der Waals surface area contributed by atoms with Crippen LogP contribution in [0.15, 0.2) is 0 Å². The van der Waals surface area contributed by atoms with Gasteiger partial charge in [-0.25, -0.2) is 0 Å². The zero-order valence-electron chi connectivity index (χ0n) is 9.04. The molecule has 1 aliphatic rings. The highest BCUT2D eigenvalue weighted by Crippen LogP contribution is 2.22. The van der Waals surface area contributed by atoms with Gasteiger partial charge in [0.1, 0.15) is 0 Å². The summed E-state index contributed by atoms with van der Waals surface area (Å²) in [7, 11) is 1.49. The molecule has 0 aromatic rings. The SMILES string of the molecule is CNC(=O)C(=O)N1C(C)CCCC1C. The smallest absolute Gasteiger partial charge is 0.312 e. The molecule has 0 saturated carbocycles. The number of nitrogens with one attached hydrogen (secondary N) is 1. The molecule has 0 radical (unpaired) electrons. The third-order valence-electron chi connectivity index (χ3n) is 2.85. The number of hydrogen-bond donors (Lipinski definition) is 1. The van der Waals surface area contributed by atoms with Gasteiger partial charge in [-0.05, 0) is 33.1 Å². The van der Waals surface area contributed by atoms with E-state index in [0.29, 0.717) is 0 Å². The fourth-order valence-corrected chi connectivity index (χ4v) is 2.05. The molecule has 0 aromatic carbocycles. The zero-order chi connectivity index (χ0) is 10.7. The number of piperidine rings is 1. The first kappa shape index (κ1) is 11.0. The maximum Gasteiger partial charge on any atom is 0.312 e. The molecule has 4 heteroatoms. The van der Waals surface area contributed by atoms with Gasteiger partial charge in [0.05, 0.1) is 0 Å². The largest absolute Gasteiger partial charge is 0.351 e. The molecule has 14 heavy (non-hydrogen) atoms. The molecule has 4 nitrogen and oxygen atoms in total. The lowest BCUT2D eigenvalue weighted by molar-refractivity contribution is -0.149. The lowest BCUT2D eigenvalue weighted by atomic mass is 9.97. The lowest BCUT2D eigenvalue weighted by Crippen LogP contribution is -2.52. The van der Waals surface area contributed by atoms with Gasteiger partial charge in [0.2, 0.25) is 0 Å². The Bertz CT molecular complexity index is 230. The predicted molar refractivity (Wildman–Crippen MR) is 53.7 cm³/mol. The van der Waals surface area contributed by atoms with E-state index in [0.717, 1.165) is 19.3 Å². The summed E-state index contributed by atoms with van der Waals surface area (Å²) >= 11 is 0. The highest BCUT2D eigenvalue weighted by atomic mass is 16.2. The summed E-state index contributed by atoms with van der Waals surface area (Å²) in [6.45, 7) is 3.99. The van der Waals surface area contributed by atoms with Crippen LogP contribution in [0.1, 0.15) is 33.1 Å². The molecule has 2 unspecified atom stereocenters. The van der Waals surface area contributed by atoms with E-state index in [1.807, 2.05) is 13.8 Å². The quantitative estimate of drug-likeness (QED) is 0.577. The summed E-state index contributed by atoms with van der Waals surface area (Å²) in [4.78, 5) is 24.6. The van der Waals surface area contributed by atoms with E-state index < -0.39 is 11.8 Å². The van der Waals surface area contributed by atoms with E-state index in [1.165, 1.54) is 7.05 Å². The Kier molecular flexibility index (Phi) is 3.49. The van der Waals surface area contributed by atoms with Gasteiger partial charge in [0.25, 0.3) is 0 Å². The van der Waals surface area contributed by atoms with E-state index in [-0.39, 0.29) is 12.1 Å². The summed E-state index contributed by atoms with van der Waals surface area (Å²) in [6, 6.07) is 0.368. The topological polar surface area (TPSA) is 49.4 Å². The third-order valence-corrected chi connectivity index (χ3v) is 2.85. The Morgan fingerprint density at radius 3 is 2.14 bits per heavy atom. The highest BCUT2D eigenvalue weighted by Gasteiger charge is 2.31. The summed E-state index contributed by atoms with van der Waals surface area (Å²) in [5.74, 6) is -0.905. The van der Waals surface area contributed by atoms with Gasteiger partial charge in [0, 0.05) is 19.1 Å². The number of nitrogens with zero attached hydrogens (tertiary/aromatic N) is 1. The maximum absolute atomic E-state index is 11.7. The van der Waals surface area contributed by atoms with Gasteiger partial charge in [0.15, 0.2) is 0 Å². The van der Waals surface area contributed by atoms with Crippen LogP contribution in [0, 0.1) is 0 Å². The molecule has 0 bridgehead atoms. The van der Waals surface area contributed by atoms with Crippen LogP contribution in [-0.2, 0) is 9.59 Å². The highest BCUT2D eigenvalue weighted by molar-refractivity contribution is 6.35. The van der Waals surface area contributed by atoms with Gasteiger partial charge in [-0.15, -0.1) is 0 Å². The lowest BCUT2D eigenvalue weighted by Gasteiger charge is -2.38. The van der Waals surface area contributed by atoms with Crippen LogP contribution in [0.4, 0.5) is 0 Å². The van der Waals surface area contributed by atoms with Crippen molar-refractivity contribution in [3.63, 3.8) is 0 Å². The van der Waals surface area contributed by atoms with Crippen LogP contribution in [0.25, 0.3) is 0 Å². The first-order chi connectivity index (χ1) is 6.57. The minimum Gasteiger partial charge on any atom is -0.351 e. The van der Waals surface area contributed by atoms with E-state index in [4.69, 9.17) is 0 Å². The molecule has 80 valence electrons. The summed E-state index contributed by atoms with van der Waals surface area (Å²) in [5.41, 5.74) is 0. The van der Waals surface area contributed by atoms with Gasteiger partial charge in [-0.1, -0.05) is 0 Å². The average molecular weight is 198 g/mol. The van der Waals surface area contributed by atoms with Crippen molar-refractivity contribution in [2.24, 2.45) is 0 Å². The summed E-state index contributed by atoms with van der Waals surface area (Å²) in [5, 5.41) is 2.37. The van der Waals surface area contributed by atoms with Crippen LogP contribution in [0.3, 0.4) is 0 Å². The van der Waals surface area contributed by atoms with Crippen molar-refractivity contribution in [2.45, 2.75) is 45.2 Å². The van der Waals surface area contributed by atoms with Gasteiger partial charge in [-0.2, -0.15) is 0 Å². The molecule has 0 aliphatic carbocycles. The number of amides is 2. The van der Waals surface area contributed by atoms with Crippen molar-refractivity contribution in [1.82, 2.24) is 10.2 Å². The number of rotatable bonds is 0. The van der Waals surface area contributed by atoms with Crippen molar-refractivity contribution >= 4 is 11.8 Å². The monoisotopic (exact) mass is 198 g/mol. The molecular formula is C10H18N2O2. The predicted octanol–water partition coefficient (Wildman–Crippen LogP) is 0.522. The van der Waals surface area contributed by atoms with Gasteiger partial charge < -0.3 is 10.2 Å². The molecule has 2 amide bonds. The number of hydrogen-bond acceptors (Lipinski definition) is 2. The number of likely N-dealkylation sites (tertiary alicyclic amines) is 1. The summed E-state index contributed by atoms with van der Waals surface area (Å²) in [6.07, 6.45) is 3.13. The maximum atomic E-state index is 11.7. The van der Waals surface area contributed by atoms with Crippen LogP contribution in [0.5, 0.6) is 0 Å². The third kappa shape index (κ3) is 2.05. The Morgan fingerprint density at radius 1 is 1.21 bits per heavy atom. The van der Waals surface area contributed by atoms with E-state index in [9.17, 15) is 9.59 Å². The minimum atomic E-state index is -0.509. The van der Waals surface area contributed by atoms with E-state index in [2.05, 4.69) is 5.32 Å². The van der Waals surface area contributed by atoms with Gasteiger partial charge in [-0.3, -0.25) is 9.59 Å². The Morgan fingerprint density at radius 2 is 1.71 bits per heavy atom. The second kappa shape index (κ2) is 4.44. The van der Waals surface area contributed by atoms with Crippen molar-refractivity contribution in [2.75, 3.05) is 7.05 Å². The van der Waals surface area contributed by atoms with Crippen LogP contribution < -0.4 is 5.32 Å². The molecule has 1 aliphatic heterocycles. The average Bonchev–Trinajstić information content (AvgIpc) is 2.16. The van der Waals surface area contributed by atoms with E-state index >= 15 is 0 Å². The molecule has 0 spiro atoms. The van der Waals surface area contributed by atoms with Crippen molar-refractivity contribution < 1.29 is 9.59 Å². The van der Waals surface area contributed by atoms with Crippen molar-refractivity contribution in [3.8, 4) is 0 Å². The van der Waals surface area contributed by atoms with Crippen molar-refractivity contribution in [1.29, 1.82) is 0 Å². The Labute approximate surface area is 84.7 Å². The molecule has 1 saturated heterocycles. The Balaban J connectivity index is 2.72. The normalized spacial score (nSPS) is 27.2. The first-order valence-corrected chi connectivity index (χ1v) is 5.12. The fraction of sp³-hybridized carbons (Fsp3) is 0.800. The number of carbonyl (C=O) groups excluding carboxylic acids is 2.